The first-order valence-corrected chi connectivity index (χ1v) is 7.23. The number of hydrogen-bond donors (Lipinski definition) is 1. The molecule has 0 saturated carbocycles. The van der Waals surface area contributed by atoms with Crippen molar-refractivity contribution in [2.24, 2.45) is 0 Å². The molecule has 6 nitrogen and oxygen atoms in total. The number of rotatable bonds is 5. The highest BCUT2D eigenvalue weighted by molar-refractivity contribution is 5.69. The standard InChI is InChI=1S/C15H20N2O4/c1-11-5-4-7-13(17(20)21)15(11)16-10-3-2-6-12(16)8-9-14(18)19/h4-5,7,12H,2-3,6,8-10H2,1H3,(H,18,19). The number of piperidine rings is 1. The first kappa shape index (κ1) is 15.3. The van der Waals surface area contributed by atoms with Gasteiger partial charge in [0.05, 0.1) is 4.92 Å². The zero-order chi connectivity index (χ0) is 15.4. The Kier molecular flexibility index (Phi) is 4.77. The van der Waals surface area contributed by atoms with Gasteiger partial charge in [-0.15, -0.1) is 0 Å². The Morgan fingerprint density at radius 2 is 2.24 bits per heavy atom. The topological polar surface area (TPSA) is 83.7 Å². The van der Waals surface area contributed by atoms with Gasteiger partial charge in [0, 0.05) is 25.1 Å². The van der Waals surface area contributed by atoms with Gasteiger partial charge in [0.1, 0.15) is 5.69 Å². The first-order valence-electron chi connectivity index (χ1n) is 7.23. The molecule has 0 spiro atoms. The van der Waals surface area contributed by atoms with E-state index in [1.165, 1.54) is 6.07 Å². The van der Waals surface area contributed by atoms with Crippen molar-refractivity contribution in [2.75, 3.05) is 11.4 Å². The molecule has 1 fully saturated rings. The van der Waals surface area contributed by atoms with Crippen LogP contribution >= 0.6 is 0 Å². The van der Waals surface area contributed by atoms with Crippen molar-refractivity contribution < 1.29 is 14.8 Å². The van der Waals surface area contributed by atoms with Crippen LogP contribution in [0, 0.1) is 17.0 Å². The predicted molar refractivity (Wildman–Crippen MR) is 79.7 cm³/mol. The minimum absolute atomic E-state index is 0.0645. The quantitative estimate of drug-likeness (QED) is 0.666. The number of carboxylic acid groups (broad SMARTS) is 1. The third-order valence-electron chi connectivity index (χ3n) is 4.02. The van der Waals surface area contributed by atoms with Crippen molar-refractivity contribution in [2.45, 2.75) is 45.1 Å². The fraction of sp³-hybridized carbons (Fsp3) is 0.533. The Balaban J connectivity index is 2.33. The Labute approximate surface area is 123 Å². The van der Waals surface area contributed by atoms with Crippen molar-refractivity contribution in [3.8, 4) is 0 Å². The smallest absolute Gasteiger partial charge is 0.303 e. The number of aryl methyl sites for hydroxylation is 1. The number of para-hydroxylation sites is 1. The molecule has 0 bridgehead atoms. The summed E-state index contributed by atoms with van der Waals surface area (Å²) in [4.78, 5) is 23.8. The summed E-state index contributed by atoms with van der Waals surface area (Å²) >= 11 is 0. The molecule has 1 unspecified atom stereocenters. The molecule has 0 aromatic heterocycles. The van der Waals surface area contributed by atoms with Gasteiger partial charge in [0.2, 0.25) is 0 Å². The number of benzene rings is 1. The maximum Gasteiger partial charge on any atom is 0.303 e. The molecule has 6 heteroatoms. The maximum absolute atomic E-state index is 11.3. The number of anilines is 1. The van der Waals surface area contributed by atoms with E-state index in [0.29, 0.717) is 12.1 Å². The highest BCUT2D eigenvalue weighted by Gasteiger charge is 2.29. The third-order valence-corrected chi connectivity index (χ3v) is 4.02. The molecular formula is C15H20N2O4. The Morgan fingerprint density at radius 3 is 2.90 bits per heavy atom. The highest BCUT2D eigenvalue weighted by atomic mass is 16.6. The SMILES string of the molecule is Cc1cccc([N+](=O)[O-])c1N1CCCCC1CCC(=O)O. The van der Waals surface area contributed by atoms with E-state index in [2.05, 4.69) is 0 Å². The van der Waals surface area contributed by atoms with Crippen LogP contribution in [0.5, 0.6) is 0 Å². The summed E-state index contributed by atoms with van der Waals surface area (Å²) in [6.07, 6.45) is 3.54. The van der Waals surface area contributed by atoms with E-state index >= 15 is 0 Å². The number of nitro groups is 1. The molecule has 2 rings (SSSR count). The number of carbonyl (C=O) groups is 1. The van der Waals surface area contributed by atoms with Gasteiger partial charge in [0.15, 0.2) is 0 Å². The zero-order valence-electron chi connectivity index (χ0n) is 12.1. The van der Waals surface area contributed by atoms with E-state index in [9.17, 15) is 14.9 Å². The molecule has 1 heterocycles. The van der Waals surface area contributed by atoms with Gasteiger partial charge in [-0.3, -0.25) is 14.9 Å². The van der Waals surface area contributed by atoms with Gasteiger partial charge in [-0.1, -0.05) is 12.1 Å². The summed E-state index contributed by atoms with van der Waals surface area (Å²) in [7, 11) is 0. The van der Waals surface area contributed by atoms with E-state index in [-0.39, 0.29) is 23.1 Å². The average molecular weight is 292 g/mol. The molecule has 0 amide bonds. The monoisotopic (exact) mass is 292 g/mol. The van der Waals surface area contributed by atoms with Gasteiger partial charge in [-0.05, 0) is 38.2 Å². The lowest BCUT2D eigenvalue weighted by Crippen LogP contribution is -2.40. The number of hydrogen-bond acceptors (Lipinski definition) is 4. The molecule has 1 aromatic rings. The van der Waals surface area contributed by atoms with Gasteiger partial charge in [0.25, 0.3) is 5.69 Å². The van der Waals surface area contributed by atoms with Crippen LogP contribution in [-0.4, -0.2) is 28.6 Å². The molecular weight excluding hydrogens is 272 g/mol. The molecule has 1 saturated heterocycles. The normalized spacial score (nSPS) is 18.5. The second-order valence-electron chi connectivity index (χ2n) is 5.48. The van der Waals surface area contributed by atoms with Gasteiger partial charge in [-0.25, -0.2) is 0 Å². The highest BCUT2D eigenvalue weighted by Crippen LogP contribution is 2.36. The molecule has 1 aromatic carbocycles. The summed E-state index contributed by atoms with van der Waals surface area (Å²) in [5, 5.41) is 20.1. The minimum atomic E-state index is -0.820. The lowest BCUT2D eigenvalue weighted by molar-refractivity contribution is -0.384. The summed E-state index contributed by atoms with van der Waals surface area (Å²) in [6.45, 7) is 2.61. The van der Waals surface area contributed by atoms with E-state index in [0.717, 1.165) is 31.4 Å². The maximum atomic E-state index is 11.3. The molecule has 1 N–H and O–H groups in total. The minimum Gasteiger partial charge on any atom is -0.481 e. The Bertz CT molecular complexity index is 544. The summed E-state index contributed by atoms with van der Waals surface area (Å²) in [5.74, 6) is -0.820. The van der Waals surface area contributed by atoms with Crippen molar-refractivity contribution in [1.82, 2.24) is 0 Å². The molecule has 1 aliphatic heterocycles. The summed E-state index contributed by atoms with van der Waals surface area (Å²) < 4.78 is 0. The molecule has 114 valence electrons. The number of aliphatic carboxylic acids is 1. The van der Waals surface area contributed by atoms with Gasteiger partial charge in [-0.2, -0.15) is 0 Å². The Morgan fingerprint density at radius 1 is 1.48 bits per heavy atom. The molecule has 1 atom stereocenters. The van der Waals surface area contributed by atoms with Crippen LogP contribution in [0.25, 0.3) is 0 Å². The lowest BCUT2D eigenvalue weighted by atomic mass is 9.96. The van der Waals surface area contributed by atoms with Crippen LogP contribution in [0.2, 0.25) is 0 Å². The number of carboxylic acids is 1. The van der Waals surface area contributed by atoms with Crippen molar-refractivity contribution in [3.63, 3.8) is 0 Å². The zero-order valence-corrected chi connectivity index (χ0v) is 12.1. The van der Waals surface area contributed by atoms with Gasteiger partial charge >= 0.3 is 5.97 Å². The average Bonchev–Trinajstić information content (AvgIpc) is 2.45. The number of nitrogens with zero attached hydrogens (tertiary/aromatic N) is 2. The second-order valence-corrected chi connectivity index (χ2v) is 5.48. The van der Waals surface area contributed by atoms with Gasteiger partial charge < -0.3 is 10.0 Å². The second kappa shape index (κ2) is 6.56. The molecule has 1 aliphatic rings. The van der Waals surface area contributed by atoms with Crippen molar-refractivity contribution in [3.05, 3.63) is 33.9 Å². The van der Waals surface area contributed by atoms with E-state index in [1.54, 1.807) is 6.07 Å². The van der Waals surface area contributed by atoms with Crippen LogP contribution in [0.4, 0.5) is 11.4 Å². The van der Waals surface area contributed by atoms with E-state index in [4.69, 9.17) is 5.11 Å². The van der Waals surface area contributed by atoms with Crippen LogP contribution < -0.4 is 4.90 Å². The fourth-order valence-electron chi connectivity index (χ4n) is 3.05. The molecule has 0 radical (unpaired) electrons. The summed E-state index contributed by atoms with van der Waals surface area (Å²) in [6, 6.07) is 5.14. The van der Waals surface area contributed by atoms with Crippen molar-refractivity contribution in [1.29, 1.82) is 0 Å². The Hall–Kier alpha value is -2.11. The van der Waals surface area contributed by atoms with Crippen LogP contribution in [0.15, 0.2) is 18.2 Å². The lowest BCUT2D eigenvalue weighted by Gasteiger charge is -2.38. The molecule has 21 heavy (non-hydrogen) atoms. The van der Waals surface area contributed by atoms with Crippen LogP contribution in [0.3, 0.4) is 0 Å². The van der Waals surface area contributed by atoms with Crippen molar-refractivity contribution >= 4 is 17.3 Å². The summed E-state index contributed by atoms with van der Waals surface area (Å²) in [5.41, 5.74) is 1.63. The van der Waals surface area contributed by atoms with Crippen LogP contribution in [-0.2, 0) is 4.79 Å². The molecule has 0 aliphatic carbocycles. The first-order chi connectivity index (χ1) is 10.0. The van der Waals surface area contributed by atoms with Crippen LogP contribution in [0.1, 0.15) is 37.7 Å². The van der Waals surface area contributed by atoms with E-state index in [1.807, 2.05) is 17.9 Å². The number of nitro benzene ring substituents is 1. The predicted octanol–water partition coefficient (Wildman–Crippen LogP) is 3.13. The fourth-order valence-corrected chi connectivity index (χ4v) is 3.05. The van der Waals surface area contributed by atoms with E-state index < -0.39 is 5.97 Å². The third kappa shape index (κ3) is 3.51. The largest absolute Gasteiger partial charge is 0.481 e.